The molecule has 9 heteroatoms. The van der Waals surface area contributed by atoms with Crippen LogP contribution in [0, 0.1) is 0 Å². The van der Waals surface area contributed by atoms with Crippen LogP contribution in [0.25, 0.3) is 16.3 Å². The Morgan fingerprint density at radius 1 is 1.26 bits per heavy atom. The zero-order valence-electron chi connectivity index (χ0n) is 14.1. The van der Waals surface area contributed by atoms with Crippen LogP contribution < -0.4 is 5.56 Å². The quantitative estimate of drug-likeness (QED) is 0.688. The van der Waals surface area contributed by atoms with E-state index in [1.165, 1.54) is 47.6 Å². The van der Waals surface area contributed by atoms with Gasteiger partial charge in [-0.05, 0) is 35.2 Å². The molecule has 1 N–H and O–H groups in total. The summed E-state index contributed by atoms with van der Waals surface area (Å²) < 4.78 is 38.2. The number of amides is 1. The number of aromatic nitrogens is 2. The highest BCUT2D eigenvalue weighted by molar-refractivity contribution is 7.17. The van der Waals surface area contributed by atoms with Crippen LogP contribution in [-0.2, 0) is 17.5 Å². The highest BCUT2D eigenvalue weighted by Gasteiger charge is 2.29. The van der Waals surface area contributed by atoms with Gasteiger partial charge in [0.2, 0.25) is 5.91 Å². The topological polar surface area (TPSA) is 66.1 Å². The maximum Gasteiger partial charge on any atom is 0.416 e. The Bertz CT molecular complexity index is 1050. The lowest BCUT2D eigenvalue weighted by Crippen LogP contribution is -2.26. The van der Waals surface area contributed by atoms with Crippen LogP contribution in [0.2, 0.25) is 0 Å². The Labute approximate surface area is 155 Å². The number of alkyl halides is 3. The molecule has 0 aliphatic heterocycles. The van der Waals surface area contributed by atoms with Crippen molar-refractivity contribution < 1.29 is 18.0 Å². The predicted molar refractivity (Wildman–Crippen MR) is 97.2 cm³/mol. The van der Waals surface area contributed by atoms with Gasteiger partial charge in [0.15, 0.2) is 0 Å². The van der Waals surface area contributed by atoms with E-state index in [0.29, 0.717) is 21.6 Å². The van der Waals surface area contributed by atoms with Crippen LogP contribution in [0.1, 0.15) is 17.0 Å². The van der Waals surface area contributed by atoms with Crippen LogP contribution in [-0.4, -0.2) is 27.8 Å². The lowest BCUT2D eigenvalue weighted by atomic mass is 10.1. The molecule has 1 amide bonds. The van der Waals surface area contributed by atoms with Gasteiger partial charge in [0, 0.05) is 13.1 Å². The lowest BCUT2D eigenvalue weighted by Gasteiger charge is -2.14. The second-order valence-electron chi connectivity index (χ2n) is 5.79. The third-order valence-electron chi connectivity index (χ3n) is 3.78. The van der Waals surface area contributed by atoms with Crippen LogP contribution in [0.15, 0.2) is 46.6 Å². The van der Waals surface area contributed by atoms with Crippen molar-refractivity contribution in [2.45, 2.75) is 12.7 Å². The Kier molecular flexibility index (Phi) is 5.13. The normalized spacial score (nSPS) is 12.0. The summed E-state index contributed by atoms with van der Waals surface area (Å²) in [5.74, 6) is -0.0207. The summed E-state index contributed by atoms with van der Waals surface area (Å²) in [5.41, 5.74) is 0.0314. The van der Waals surface area contributed by atoms with E-state index in [0.717, 1.165) is 12.1 Å². The second kappa shape index (κ2) is 7.36. The number of thiophene rings is 1. The molecule has 0 atom stereocenters. The van der Waals surface area contributed by atoms with E-state index >= 15 is 0 Å². The fourth-order valence-corrected chi connectivity index (χ4v) is 3.10. The third-order valence-corrected chi connectivity index (χ3v) is 4.69. The van der Waals surface area contributed by atoms with Gasteiger partial charge in [0.1, 0.15) is 10.5 Å². The van der Waals surface area contributed by atoms with Crippen LogP contribution >= 0.6 is 11.3 Å². The Morgan fingerprint density at radius 3 is 2.63 bits per heavy atom. The number of carbonyl (C=O) groups is 1. The summed E-state index contributed by atoms with van der Waals surface area (Å²) in [4.78, 5) is 32.4. The van der Waals surface area contributed by atoms with Gasteiger partial charge in [-0.2, -0.15) is 13.2 Å². The smallest absolute Gasteiger partial charge is 0.335 e. The number of H-pyrrole nitrogens is 1. The van der Waals surface area contributed by atoms with Gasteiger partial charge in [-0.25, -0.2) is 4.98 Å². The van der Waals surface area contributed by atoms with E-state index in [2.05, 4.69) is 9.97 Å². The minimum Gasteiger partial charge on any atom is -0.335 e. The fraction of sp³-hybridized carbons (Fsp3) is 0.167. The maximum atomic E-state index is 12.5. The lowest BCUT2D eigenvalue weighted by molar-refractivity contribution is -0.137. The first kappa shape index (κ1) is 18.8. The molecule has 3 rings (SSSR count). The molecule has 0 saturated carbocycles. The van der Waals surface area contributed by atoms with Gasteiger partial charge in [0.25, 0.3) is 5.56 Å². The number of nitrogens with one attached hydrogen (secondary N) is 1. The highest BCUT2D eigenvalue weighted by atomic mass is 32.1. The van der Waals surface area contributed by atoms with Crippen molar-refractivity contribution in [2.24, 2.45) is 0 Å². The van der Waals surface area contributed by atoms with Crippen molar-refractivity contribution in [1.82, 2.24) is 14.9 Å². The van der Waals surface area contributed by atoms with E-state index in [1.807, 2.05) is 0 Å². The molecule has 140 valence electrons. The average Bonchev–Trinajstić information content (AvgIpc) is 3.08. The largest absolute Gasteiger partial charge is 0.416 e. The van der Waals surface area contributed by atoms with Crippen molar-refractivity contribution in [1.29, 1.82) is 0 Å². The number of carbonyl (C=O) groups excluding carboxylic acids is 1. The highest BCUT2D eigenvalue weighted by Crippen LogP contribution is 2.29. The molecule has 0 fully saturated rings. The summed E-state index contributed by atoms with van der Waals surface area (Å²) in [6.07, 6.45) is -1.72. The molecule has 27 heavy (non-hydrogen) atoms. The zero-order chi connectivity index (χ0) is 19.6. The first-order valence-corrected chi connectivity index (χ1v) is 8.69. The number of fused-ring (bicyclic) bond motifs is 1. The molecule has 0 spiro atoms. The van der Waals surface area contributed by atoms with E-state index in [1.54, 1.807) is 11.4 Å². The number of nitrogens with zero attached hydrogens (tertiary/aromatic N) is 2. The molecule has 5 nitrogen and oxygen atoms in total. The van der Waals surface area contributed by atoms with Crippen molar-refractivity contribution in [3.8, 4) is 0 Å². The molecule has 0 aliphatic carbocycles. The Balaban J connectivity index is 1.67. The molecule has 0 bridgehead atoms. The number of likely N-dealkylation sites (N-methyl/N-ethyl adjacent to an activating group) is 1. The third kappa shape index (κ3) is 4.43. The van der Waals surface area contributed by atoms with Crippen molar-refractivity contribution in [2.75, 3.05) is 7.05 Å². The summed E-state index contributed by atoms with van der Waals surface area (Å²) in [7, 11) is 1.54. The second-order valence-corrected chi connectivity index (χ2v) is 6.71. The van der Waals surface area contributed by atoms with Gasteiger partial charge < -0.3 is 9.88 Å². The van der Waals surface area contributed by atoms with Crippen molar-refractivity contribution in [3.05, 3.63) is 69.1 Å². The number of halogens is 3. The number of benzene rings is 1. The molecule has 1 aromatic carbocycles. The van der Waals surface area contributed by atoms with Crippen LogP contribution in [0.4, 0.5) is 13.2 Å². The molecule has 2 aromatic heterocycles. The van der Waals surface area contributed by atoms with E-state index in [-0.39, 0.29) is 18.0 Å². The number of rotatable bonds is 4. The maximum absolute atomic E-state index is 12.5. The number of aromatic amines is 1. The van der Waals surface area contributed by atoms with Crippen molar-refractivity contribution >= 4 is 33.5 Å². The molecule has 0 saturated heterocycles. The molecule has 0 radical (unpaired) electrons. The molecule has 2 heterocycles. The minimum absolute atomic E-state index is 0.0945. The van der Waals surface area contributed by atoms with E-state index < -0.39 is 11.7 Å². The monoisotopic (exact) mass is 393 g/mol. The van der Waals surface area contributed by atoms with Crippen LogP contribution in [0.3, 0.4) is 0 Å². The molecular formula is C18H14F3N3O2S. The summed E-state index contributed by atoms with van der Waals surface area (Å²) >= 11 is 1.29. The first-order valence-electron chi connectivity index (χ1n) is 7.81. The Hall–Kier alpha value is -2.94. The number of hydrogen-bond donors (Lipinski definition) is 1. The summed E-state index contributed by atoms with van der Waals surface area (Å²) in [6.45, 7) is 0.0945. The SMILES string of the molecule is CN(Cc1nc2ccsc2c(=O)[nH]1)C(=O)/C=C/c1ccc(C(F)(F)F)cc1. The van der Waals surface area contributed by atoms with Gasteiger partial charge in [-0.3, -0.25) is 9.59 Å². The fourth-order valence-electron chi connectivity index (χ4n) is 2.38. The van der Waals surface area contributed by atoms with Gasteiger partial charge >= 0.3 is 6.18 Å². The minimum atomic E-state index is -4.40. The average molecular weight is 393 g/mol. The van der Waals surface area contributed by atoms with Gasteiger partial charge in [0.05, 0.1) is 17.6 Å². The van der Waals surface area contributed by atoms with Gasteiger partial charge in [-0.1, -0.05) is 12.1 Å². The molecular weight excluding hydrogens is 379 g/mol. The number of hydrogen-bond acceptors (Lipinski definition) is 4. The van der Waals surface area contributed by atoms with E-state index in [9.17, 15) is 22.8 Å². The van der Waals surface area contributed by atoms with Crippen LogP contribution in [0.5, 0.6) is 0 Å². The van der Waals surface area contributed by atoms with E-state index in [4.69, 9.17) is 0 Å². The molecule has 3 aromatic rings. The molecule has 0 aliphatic rings. The Morgan fingerprint density at radius 2 is 1.96 bits per heavy atom. The zero-order valence-corrected chi connectivity index (χ0v) is 14.9. The summed E-state index contributed by atoms with van der Waals surface area (Å²) in [6, 6.07) is 6.22. The standard InChI is InChI=1S/C18H14F3N3O2S/c1-24(10-14-22-13-8-9-27-16(13)17(26)23-14)15(25)7-4-11-2-5-12(6-3-11)18(19,20)21/h2-9H,10H2,1H3,(H,22,23,26)/b7-4+. The summed E-state index contributed by atoms with van der Waals surface area (Å²) in [5, 5.41) is 1.76. The van der Waals surface area contributed by atoms with Crippen molar-refractivity contribution in [3.63, 3.8) is 0 Å². The molecule has 0 unspecified atom stereocenters. The van der Waals surface area contributed by atoms with Gasteiger partial charge in [-0.15, -0.1) is 11.3 Å². The predicted octanol–water partition coefficient (Wildman–Crippen LogP) is 3.68. The first-order chi connectivity index (χ1) is 12.7.